The summed E-state index contributed by atoms with van der Waals surface area (Å²) in [6.45, 7) is 4.97. The Hall–Kier alpha value is -2.75. The molecule has 3 aromatic carbocycles. The van der Waals surface area contributed by atoms with Gasteiger partial charge in [-0.1, -0.05) is 60.1 Å². The molecule has 37 heavy (non-hydrogen) atoms. The number of nitrogens with zero attached hydrogens (tertiary/aromatic N) is 3. The van der Waals surface area contributed by atoms with E-state index in [1.807, 2.05) is 79.9 Å². The molecule has 0 N–H and O–H groups in total. The van der Waals surface area contributed by atoms with Crippen LogP contribution >= 0.6 is 22.9 Å². The number of halogens is 1. The Morgan fingerprint density at radius 1 is 0.973 bits per heavy atom. The van der Waals surface area contributed by atoms with Crippen molar-refractivity contribution in [3.8, 4) is 11.3 Å². The fourth-order valence-corrected chi connectivity index (χ4v) is 7.27. The summed E-state index contributed by atoms with van der Waals surface area (Å²) in [6, 6.07) is 24.6. The number of aromatic nitrogens is 1. The smallest absolute Gasteiger partial charge is 0.243 e. The van der Waals surface area contributed by atoms with E-state index in [9.17, 15) is 8.42 Å². The average Bonchev–Trinajstić information content (AvgIpc) is 3.27. The minimum absolute atomic E-state index is 0.154. The standard InChI is InChI=1S/C28H28ClN3O3S2/c1-20-16-31(17-21(2)35-20)37(33,34)25-13-8-10-22(15-25)27-19-36-28(30-24-11-4-3-5-12-24)32(27)18-23-9-6-7-14-26(23)29/h3-15,19-21H,16-18H2,1-2H3/t20-,21-/m1/s1. The van der Waals surface area contributed by atoms with E-state index in [0.717, 1.165) is 27.3 Å². The van der Waals surface area contributed by atoms with Crippen LogP contribution in [0.5, 0.6) is 0 Å². The van der Waals surface area contributed by atoms with Crippen molar-refractivity contribution in [3.05, 3.63) is 99.6 Å². The number of benzene rings is 3. The first-order valence-corrected chi connectivity index (χ1v) is 14.8. The van der Waals surface area contributed by atoms with Crippen LogP contribution in [-0.2, 0) is 21.3 Å². The molecule has 2 heterocycles. The first-order chi connectivity index (χ1) is 17.8. The number of thiazole rings is 1. The molecule has 1 aliphatic rings. The van der Waals surface area contributed by atoms with Crippen LogP contribution in [0.1, 0.15) is 19.4 Å². The number of morpholine rings is 1. The number of rotatable bonds is 6. The molecule has 0 aliphatic carbocycles. The highest BCUT2D eigenvalue weighted by Crippen LogP contribution is 2.28. The molecule has 0 spiro atoms. The van der Waals surface area contributed by atoms with Gasteiger partial charge in [0.15, 0.2) is 4.80 Å². The lowest BCUT2D eigenvalue weighted by atomic mass is 10.1. The van der Waals surface area contributed by atoms with Crippen molar-refractivity contribution in [2.75, 3.05) is 13.1 Å². The summed E-state index contributed by atoms with van der Waals surface area (Å²) in [5, 5.41) is 2.69. The Morgan fingerprint density at radius 2 is 1.68 bits per heavy atom. The normalized spacial score (nSPS) is 19.3. The van der Waals surface area contributed by atoms with Crippen molar-refractivity contribution in [3.63, 3.8) is 0 Å². The Morgan fingerprint density at radius 3 is 2.41 bits per heavy atom. The lowest BCUT2D eigenvalue weighted by Gasteiger charge is -2.34. The molecule has 0 saturated carbocycles. The first-order valence-electron chi connectivity index (χ1n) is 12.1. The van der Waals surface area contributed by atoms with Gasteiger partial charge >= 0.3 is 0 Å². The van der Waals surface area contributed by atoms with Gasteiger partial charge in [-0.15, -0.1) is 11.3 Å². The molecule has 2 atom stereocenters. The van der Waals surface area contributed by atoms with Crippen LogP contribution in [0, 0.1) is 0 Å². The van der Waals surface area contributed by atoms with Crippen LogP contribution in [0.3, 0.4) is 0 Å². The maximum Gasteiger partial charge on any atom is 0.243 e. The predicted octanol–water partition coefficient (Wildman–Crippen LogP) is 5.95. The third kappa shape index (κ3) is 5.73. The van der Waals surface area contributed by atoms with Gasteiger partial charge in [-0.25, -0.2) is 13.4 Å². The lowest BCUT2D eigenvalue weighted by Crippen LogP contribution is -2.48. The van der Waals surface area contributed by atoms with Gasteiger partial charge in [0, 0.05) is 29.1 Å². The molecule has 6 nitrogen and oxygen atoms in total. The molecule has 1 aromatic heterocycles. The quantitative estimate of drug-likeness (QED) is 0.296. The monoisotopic (exact) mass is 553 g/mol. The molecule has 0 amide bonds. The number of sulfonamides is 1. The summed E-state index contributed by atoms with van der Waals surface area (Å²) in [4.78, 5) is 5.94. The van der Waals surface area contributed by atoms with Crippen molar-refractivity contribution in [2.24, 2.45) is 4.99 Å². The van der Waals surface area contributed by atoms with Crippen molar-refractivity contribution in [1.29, 1.82) is 0 Å². The largest absolute Gasteiger partial charge is 0.373 e. The van der Waals surface area contributed by atoms with Crippen LogP contribution in [-0.4, -0.2) is 42.6 Å². The van der Waals surface area contributed by atoms with Gasteiger partial charge in [-0.05, 0) is 49.7 Å². The van der Waals surface area contributed by atoms with Gasteiger partial charge in [0.2, 0.25) is 10.0 Å². The molecule has 0 unspecified atom stereocenters. The van der Waals surface area contributed by atoms with Gasteiger partial charge in [-0.3, -0.25) is 0 Å². The molecular formula is C28H28ClN3O3S2. The molecule has 1 aliphatic heterocycles. The second-order valence-corrected chi connectivity index (χ2v) is 12.3. The summed E-state index contributed by atoms with van der Waals surface area (Å²) >= 11 is 8.02. The van der Waals surface area contributed by atoms with E-state index in [1.54, 1.807) is 18.2 Å². The molecule has 4 aromatic rings. The van der Waals surface area contributed by atoms with Crippen molar-refractivity contribution in [2.45, 2.75) is 37.5 Å². The molecular weight excluding hydrogens is 526 g/mol. The Balaban J connectivity index is 1.59. The maximum absolute atomic E-state index is 13.6. The van der Waals surface area contributed by atoms with E-state index in [-0.39, 0.29) is 17.1 Å². The molecule has 0 bridgehead atoms. The van der Waals surface area contributed by atoms with E-state index in [0.29, 0.717) is 24.7 Å². The van der Waals surface area contributed by atoms with Gasteiger partial charge in [0.1, 0.15) is 0 Å². The minimum atomic E-state index is -3.68. The van der Waals surface area contributed by atoms with Gasteiger partial charge < -0.3 is 9.30 Å². The topological polar surface area (TPSA) is 63.9 Å². The average molecular weight is 554 g/mol. The van der Waals surface area contributed by atoms with Crippen LogP contribution in [0.15, 0.2) is 94.1 Å². The van der Waals surface area contributed by atoms with E-state index in [2.05, 4.69) is 4.57 Å². The molecule has 192 valence electrons. The zero-order valence-electron chi connectivity index (χ0n) is 20.6. The number of para-hydroxylation sites is 1. The minimum Gasteiger partial charge on any atom is -0.373 e. The molecule has 1 saturated heterocycles. The summed E-state index contributed by atoms with van der Waals surface area (Å²) in [5.74, 6) is 0. The third-order valence-corrected chi connectivity index (χ3v) is 9.28. The maximum atomic E-state index is 13.6. The molecule has 0 radical (unpaired) electrons. The van der Waals surface area contributed by atoms with Crippen molar-refractivity contribution in [1.82, 2.24) is 8.87 Å². The summed E-state index contributed by atoms with van der Waals surface area (Å²) in [7, 11) is -3.68. The Labute approximate surface area is 226 Å². The summed E-state index contributed by atoms with van der Waals surface area (Å²) in [6.07, 6.45) is -0.308. The summed E-state index contributed by atoms with van der Waals surface area (Å²) in [5.41, 5.74) is 3.47. The Kier molecular flexibility index (Phi) is 7.65. The van der Waals surface area contributed by atoms with Crippen molar-refractivity contribution < 1.29 is 13.2 Å². The second-order valence-electron chi connectivity index (χ2n) is 9.14. The molecule has 1 fully saturated rings. The van der Waals surface area contributed by atoms with Gasteiger partial charge in [0.05, 0.1) is 35.0 Å². The van der Waals surface area contributed by atoms with E-state index >= 15 is 0 Å². The zero-order chi connectivity index (χ0) is 26.0. The highest BCUT2D eigenvalue weighted by atomic mass is 35.5. The molecule has 5 rings (SSSR count). The predicted molar refractivity (Wildman–Crippen MR) is 149 cm³/mol. The Bertz CT molecular complexity index is 1550. The van der Waals surface area contributed by atoms with Crippen LogP contribution in [0.4, 0.5) is 5.69 Å². The third-order valence-electron chi connectivity index (χ3n) is 6.22. The second kappa shape index (κ2) is 10.9. The number of ether oxygens (including phenoxy) is 1. The molecule has 9 heteroatoms. The van der Waals surface area contributed by atoms with Crippen molar-refractivity contribution >= 4 is 38.6 Å². The lowest BCUT2D eigenvalue weighted by molar-refractivity contribution is -0.0440. The van der Waals surface area contributed by atoms with E-state index in [4.69, 9.17) is 21.3 Å². The highest BCUT2D eigenvalue weighted by Gasteiger charge is 2.32. The highest BCUT2D eigenvalue weighted by molar-refractivity contribution is 7.89. The summed E-state index contributed by atoms with van der Waals surface area (Å²) < 4.78 is 36.5. The fraction of sp³-hybridized carbons (Fsp3) is 0.250. The van der Waals surface area contributed by atoms with E-state index in [1.165, 1.54) is 15.6 Å². The SMILES string of the molecule is C[C@@H]1CN(S(=O)(=O)c2cccc(-c3csc(=Nc4ccccc4)n3Cc3ccccc3Cl)c2)C[C@@H](C)O1. The zero-order valence-corrected chi connectivity index (χ0v) is 23.0. The van der Waals surface area contributed by atoms with Crippen LogP contribution in [0.2, 0.25) is 5.02 Å². The van der Waals surface area contributed by atoms with E-state index < -0.39 is 10.0 Å². The van der Waals surface area contributed by atoms with Gasteiger partial charge in [-0.2, -0.15) is 4.31 Å². The number of hydrogen-bond acceptors (Lipinski definition) is 5. The van der Waals surface area contributed by atoms with Gasteiger partial charge in [0.25, 0.3) is 0 Å². The van der Waals surface area contributed by atoms with Crippen LogP contribution in [0.25, 0.3) is 11.3 Å². The fourth-order valence-electron chi connectivity index (χ4n) is 4.50. The van der Waals surface area contributed by atoms with Crippen LogP contribution < -0.4 is 4.80 Å². The number of hydrogen-bond donors (Lipinski definition) is 0. The first kappa shape index (κ1) is 25.9.